The highest BCUT2D eigenvalue weighted by molar-refractivity contribution is 7.86. The molecule has 27 heavy (non-hydrogen) atoms. The molecule has 1 atom stereocenters. The summed E-state index contributed by atoms with van der Waals surface area (Å²) in [5, 5.41) is 2.52. The van der Waals surface area contributed by atoms with Crippen LogP contribution < -0.4 is 5.32 Å². The Morgan fingerprint density at radius 2 is 1.74 bits per heavy atom. The molecule has 1 aliphatic rings. The van der Waals surface area contributed by atoms with Crippen LogP contribution in [0.1, 0.15) is 24.8 Å². The van der Waals surface area contributed by atoms with Gasteiger partial charge in [-0.3, -0.25) is 8.37 Å². The Morgan fingerprint density at radius 3 is 2.26 bits per heavy atom. The third kappa shape index (κ3) is 8.69. The second-order valence-electron chi connectivity index (χ2n) is 6.57. The van der Waals surface area contributed by atoms with Crippen molar-refractivity contribution in [2.24, 2.45) is 0 Å². The molecule has 1 amide bonds. The molecule has 2 rings (SSSR count). The SMILES string of the molecule is CS(=O)(=O)OC[C@H](CC1(OS(C)(=O)=O)CC1)NC(=O)OCc1ccccc1. The lowest BCUT2D eigenvalue weighted by molar-refractivity contribution is 0.115. The molecule has 0 aliphatic heterocycles. The largest absolute Gasteiger partial charge is 0.445 e. The summed E-state index contributed by atoms with van der Waals surface area (Å²) in [6, 6.07) is 8.22. The average molecular weight is 421 g/mol. The van der Waals surface area contributed by atoms with Gasteiger partial charge in [0.05, 0.1) is 30.8 Å². The van der Waals surface area contributed by atoms with Crippen LogP contribution in [0.5, 0.6) is 0 Å². The molecular formula is C16H23NO8S2. The zero-order valence-corrected chi connectivity index (χ0v) is 16.7. The van der Waals surface area contributed by atoms with Crippen LogP contribution in [0.3, 0.4) is 0 Å². The van der Waals surface area contributed by atoms with E-state index >= 15 is 0 Å². The van der Waals surface area contributed by atoms with Gasteiger partial charge in [-0.2, -0.15) is 16.8 Å². The number of rotatable bonds is 10. The number of carbonyl (C=O) groups excluding carboxylic acids is 1. The van der Waals surface area contributed by atoms with E-state index in [9.17, 15) is 21.6 Å². The van der Waals surface area contributed by atoms with Crippen molar-refractivity contribution in [3.05, 3.63) is 35.9 Å². The molecule has 0 aromatic heterocycles. The maximum absolute atomic E-state index is 12.0. The van der Waals surface area contributed by atoms with Gasteiger partial charge in [0.15, 0.2) is 0 Å². The van der Waals surface area contributed by atoms with Crippen molar-refractivity contribution in [3.63, 3.8) is 0 Å². The van der Waals surface area contributed by atoms with E-state index in [0.717, 1.165) is 18.1 Å². The van der Waals surface area contributed by atoms with Gasteiger partial charge in [0.2, 0.25) is 0 Å². The first-order chi connectivity index (χ1) is 12.5. The molecule has 0 bridgehead atoms. The second kappa shape index (κ2) is 8.55. The summed E-state index contributed by atoms with van der Waals surface area (Å²) < 4.78 is 60.3. The molecule has 0 unspecified atom stereocenters. The van der Waals surface area contributed by atoms with Gasteiger partial charge >= 0.3 is 6.09 Å². The zero-order valence-electron chi connectivity index (χ0n) is 15.1. The standard InChI is InChI=1S/C16H23NO8S2/c1-26(19,20)24-12-14(10-16(8-9-16)25-27(2,21)22)17-15(18)23-11-13-6-4-3-5-7-13/h3-7,14H,8-12H2,1-2H3,(H,17,18)/t14-/m0/s1. The Morgan fingerprint density at radius 1 is 1.11 bits per heavy atom. The van der Waals surface area contributed by atoms with Crippen LogP contribution in [0.2, 0.25) is 0 Å². The van der Waals surface area contributed by atoms with Gasteiger partial charge in [0.25, 0.3) is 20.2 Å². The van der Waals surface area contributed by atoms with Gasteiger partial charge in [-0.05, 0) is 18.4 Å². The quantitative estimate of drug-likeness (QED) is 0.558. The highest BCUT2D eigenvalue weighted by Crippen LogP contribution is 2.44. The summed E-state index contributed by atoms with van der Waals surface area (Å²) in [5.41, 5.74) is -0.165. The number of hydrogen-bond acceptors (Lipinski definition) is 8. The minimum atomic E-state index is -3.73. The van der Waals surface area contributed by atoms with E-state index in [1.807, 2.05) is 6.07 Å². The van der Waals surface area contributed by atoms with Gasteiger partial charge in [0.1, 0.15) is 6.61 Å². The van der Waals surface area contributed by atoms with E-state index in [0.29, 0.717) is 12.8 Å². The molecule has 0 radical (unpaired) electrons. The molecule has 11 heteroatoms. The zero-order chi connectivity index (χ0) is 20.1. The minimum Gasteiger partial charge on any atom is -0.445 e. The van der Waals surface area contributed by atoms with Crippen LogP contribution in [-0.4, -0.2) is 53.7 Å². The molecule has 1 saturated carbocycles. The van der Waals surface area contributed by atoms with Crippen LogP contribution in [0, 0.1) is 0 Å². The molecule has 0 saturated heterocycles. The van der Waals surface area contributed by atoms with Crippen molar-refractivity contribution < 1.29 is 34.7 Å². The lowest BCUT2D eigenvalue weighted by Gasteiger charge is -2.23. The molecule has 0 spiro atoms. The van der Waals surface area contributed by atoms with Crippen LogP contribution in [0.25, 0.3) is 0 Å². The smallest absolute Gasteiger partial charge is 0.407 e. The maximum atomic E-state index is 12.0. The van der Waals surface area contributed by atoms with Crippen LogP contribution in [0.4, 0.5) is 4.79 Å². The second-order valence-corrected chi connectivity index (χ2v) is 9.79. The predicted molar refractivity (Wildman–Crippen MR) is 96.9 cm³/mol. The average Bonchev–Trinajstić information content (AvgIpc) is 3.28. The Kier molecular flexibility index (Phi) is 6.84. The van der Waals surface area contributed by atoms with E-state index < -0.39 is 38.0 Å². The third-order valence-electron chi connectivity index (χ3n) is 3.77. The summed E-state index contributed by atoms with van der Waals surface area (Å²) in [6.45, 7) is -0.314. The highest BCUT2D eigenvalue weighted by atomic mass is 32.2. The van der Waals surface area contributed by atoms with Crippen LogP contribution in [0.15, 0.2) is 30.3 Å². The maximum Gasteiger partial charge on any atom is 0.407 e. The highest BCUT2D eigenvalue weighted by Gasteiger charge is 2.49. The van der Waals surface area contributed by atoms with Crippen molar-refractivity contribution >= 4 is 26.3 Å². The van der Waals surface area contributed by atoms with E-state index in [4.69, 9.17) is 13.1 Å². The summed E-state index contributed by atoms with van der Waals surface area (Å²) in [7, 11) is -7.42. The molecule has 1 aliphatic carbocycles. The normalized spacial score (nSPS) is 17.1. The molecule has 152 valence electrons. The molecule has 0 heterocycles. The minimum absolute atomic E-state index is 0.0390. The number of amides is 1. The van der Waals surface area contributed by atoms with Gasteiger partial charge in [-0.1, -0.05) is 30.3 Å². The first-order valence-electron chi connectivity index (χ1n) is 8.19. The summed E-state index contributed by atoms with van der Waals surface area (Å²) in [5.74, 6) is 0. The van der Waals surface area contributed by atoms with Gasteiger partial charge < -0.3 is 10.1 Å². The fraction of sp³-hybridized carbons (Fsp3) is 0.562. The van der Waals surface area contributed by atoms with Crippen molar-refractivity contribution in [2.45, 2.75) is 37.5 Å². The Labute approximate surface area is 159 Å². The van der Waals surface area contributed by atoms with Gasteiger partial charge in [-0.25, -0.2) is 4.79 Å². The molecule has 1 aromatic carbocycles. The fourth-order valence-corrected chi connectivity index (χ4v) is 3.81. The van der Waals surface area contributed by atoms with E-state index in [1.54, 1.807) is 24.3 Å². The number of alkyl carbamates (subject to hydrolysis) is 1. The van der Waals surface area contributed by atoms with E-state index in [2.05, 4.69) is 5.32 Å². The van der Waals surface area contributed by atoms with Crippen LogP contribution >= 0.6 is 0 Å². The lowest BCUT2D eigenvalue weighted by Crippen LogP contribution is -2.42. The molecule has 9 nitrogen and oxygen atoms in total. The third-order valence-corrected chi connectivity index (χ3v) is 4.99. The predicted octanol–water partition coefficient (Wildman–Crippen LogP) is 1.16. The Hall–Kier alpha value is -1.69. The monoisotopic (exact) mass is 421 g/mol. The number of nitrogens with one attached hydrogen (secondary N) is 1. The number of ether oxygens (including phenoxy) is 1. The lowest BCUT2D eigenvalue weighted by atomic mass is 10.1. The number of carbonyl (C=O) groups is 1. The van der Waals surface area contributed by atoms with E-state index in [-0.39, 0.29) is 19.6 Å². The van der Waals surface area contributed by atoms with Crippen molar-refractivity contribution in [2.75, 3.05) is 19.1 Å². The number of hydrogen-bond donors (Lipinski definition) is 1. The molecule has 1 fully saturated rings. The number of benzene rings is 1. The van der Waals surface area contributed by atoms with Gasteiger partial charge in [0, 0.05) is 6.42 Å². The van der Waals surface area contributed by atoms with Crippen LogP contribution in [-0.2, 0) is 39.9 Å². The summed E-state index contributed by atoms with van der Waals surface area (Å²) >= 11 is 0. The summed E-state index contributed by atoms with van der Waals surface area (Å²) in [4.78, 5) is 12.0. The Bertz CT molecular complexity index is 848. The fourth-order valence-electron chi connectivity index (χ4n) is 2.52. The van der Waals surface area contributed by atoms with E-state index in [1.165, 1.54) is 0 Å². The first-order valence-corrected chi connectivity index (χ1v) is 11.8. The molecular weight excluding hydrogens is 398 g/mol. The van der Waals surface area contributed by atoms with Crippen molar-refractivity contribution in [1.29, 1.82) is 0 Å². The topological polar surface area (TPSA) is 125 Å². The van der Waals surface area contributed by atoms with Crippen molar-refractivity contribution in [1.82, 2.24) is 5.32 Å². The van der Waals surface area contributed by atoms with Gasteiger partial charge in [-0.15, -0.1) is 0 Å². The molecule has 1 aromatic rings. The summed E-state index contributed by atoms with van der Waals surface area (Å²) in [6.07, 6.45) is 2.10. The molecule has 1 N–H and O–H groups in total. The van der Waals surface area contributed by atoms with Crippen molar-refractivity contribution in [3.8, 4) is 0 Å². The Balaban J connectivity index is 1.96. The first kappa shape index (κ1) is 21.6.